The van der Waals surface area contributed by atoms with Gasteiger partial charge in [0.05, 0.1) is 22.8 Å². The van der Waals surface area contributed by atoms with E-state index < -0.39 is 11.8 Å². The molecule has 1 heterocycles. The highest BCUT2D eigenvalue weighted by Crippen LogP contribution is 2.32. The highest BCUT2D eigenvalue weighted by atomic mass is 16.2. The first-order valence-electron chi connectivity index (χ1n) is 5.29. The van der Waals surface area contributed by atoms with Gasteiger partial charge in [0, 0.05) is 0 Å². The Hall–Kier alpha value is -2.15. The summed E-state index contributed by atoms with van der Waals surface area (Å²) < 4.78 is 0. The van der Waals surface area contributed by atoms with E-state index in [4.69, 9.17) is 5.26 Å². The lowest BCUT2D eigenvalue weighted by Crippen LogP contribution is -2.22. The van der Waals surface area contributed by atoms with Crippen LogP contribution in [0.25, 0.3) is 0 Å². The summed E-state index contributed by atoms with van der Waals surface area (Å²) in [5, 5.41) is 11.2. The van der Waals surface area contributed by atoms with Crippen molar-refractivity contribution >= 4 is 11.8 Å². The van der Waals surface area contributed by atoms with E-state index in [1.807, 2.05) is 26.8 Å². The molecule has 1 aromatic rings. The van der Waals surface area contributed by atoms with Crippen LogP contribution in [-0.4, -0.2) is 11.8 Å². The molecule has 0 atom stereocenters. The predicted octanol–water partition coefficient (Wildman–Crippen LogP) is 1.74. The number of carbonyl (C=O) groups excluding carboxylic acids is 2. The van der Waals surface area contributed by atoms with Gasteiger partial charge in [0.15, 0.2) is 0 Å². The van der Waals surface area contributed by atoms with Crippen LogP contribution in [0.1, 0.15) is 52.6 Å². The maximum atomic E-state index is 11.8. The second-order valence-electron chi connectivity index (χ2n) is 5.06. The molecule has 0 fully saturated rings. The van der Waals surface area contributed by atoms with Crippen molar-refractivity contribution < 1.29 is 9.59 Å². The number of fused-ring (bicyclic) bond motifs is 1. The highest BCUT2D eigenvalue weighted by Gasteiger charge is 2.35. The van der Waals surface area contributed by atoms with E-state index >= 15 is 0 Å². The molecule has 2 amide bonds. The minimum Gasteiger partial charge on any atom is -0.288 e. The Kier molecular flexibility index (Phi) is 2.28. The second-order valence-corrected chi connectivity index (χ2v) is 5.06. The molecule has 0 aliphatic carbocycles. The van der Waals surface area contributed by atoms with Gasteiger partial charge in [0.25, 0.3) is 11.8 Å². The first kappa shape index (κ1) is 11.3. The smallest absolute Gasteiger partial charge is 0.260 e. The normalized spacial score (nSPS) is 14.2. The van der Waals surface area contributed by atoms with Crippen LogP contribution in [0.15, 0.2) is 12.1 Å². The summed E-state index contributed by atoms with van der Waals surface area (Å²) in [6.45, 7) is 5.89. The molecule has 1 aliphatic rings. The van der Waals surface area contributed by atoms with E-state index in [0.717, 1.165) is 5.56 Å². The molecule has 0 saturated heterocycles. The summed E-state index contributed by atoms with van der Waals surface area (Å²) >= 11 is 0. The molecule has 4 heteroatoms. The number of carbonyl (C=O) groups is 2. The Morgan fingerprint density at radius 2 is 1.71 bits per heavy atom. The summed E-state index contributed by atoms with van der Waals surface area (Å²) in [7, 11) is 0. The minimum atomic E-state index is -0.479. The number of hydrogen-bond donors (Lipinski definition) is 1. The van der Waals surface area contributed by atoms with Crippen LogP contribution in [0.5, 0.6) is 0 Å². The van der Waals surface area contributed by atoms with Crippen molar-refractivity contribution in [3.05, 3.63) is 34.4 Å². The lowest BCUT2D eigenvalue weighted by atomic mass is 9.81. The summed E-state index contributed by atoms with van der Waals surface area (Å²) in [5.41, 5.74) is 1.35. The molecule has 0 saturated carbocycles. The Morgan fingerprint density at radius 3 is 2.24 bits per heavy atom. The van der Waals surface area contributed by atoms with Crippen LogP contribution in [0.4, 0.5) is 0 Å². The zero-order valence-electron chi connectivity index (χ0n) is 9.92. The van der Waals surface area contributed by atoms with Gasteiger partial charge >= 0.3 is 0 Å². The van der Waals surface area contributed by atoms with E-state index in [0.29, 0.717) is 5.56 Å². The molecule has 86 valence electrons. The topological polar surface area (TPSA) is 70.0 Å². The van der Waals surface area contributed by atoms with Gasteiger partial charge in [0.2, 0.25) is 0 Å². The largest absolute Gasteiger partial charge is 0.288 e. The van der Waals surface area contributed by atoms with Crippen LogP contribution in [0, 0.1) is 11.3 Å². The van der Waals surface area contributed by atoms with E-state index in [-0.39, 0.29) is 16.5 Å². The summed E-state index contributed by atoms with van der Waals surface area (Å²) in [5.74, 6) is -0.889. The monoisotopic (exact) mass is 228 g/mol. The number of hydrogen-bond acceptors (Lipinski definition) is 3. The van der Waals surface area contributed by atoms with Gasteiger partial charge < -0.3 is 0 Å². The fourth-order valence-corrected chi connectivity index (χ4v) is 2.02. The molecule has 0 spiro atoms. The van der Waals surface area contributed by atoms with Crippen molar-refractivity contribution in [1.29, 1.82) is 5.26 Å². The zero-order valence-corrected chi connectivity index (χ0v) is 9.92. The lowest BCUT2D eigenvalue weighted by Gasteiger charge is -2.21. The van der Waals surface area contributed by atoms with Crippen LogP contribution in [-0.2, 0) is 5.41 Å². The van der Waals surface area contributed by atoms with Gasteiger partial charge in [-0.3, -0.25) is 14.9 Å². The molecule has 1 N–H and O–H groups in total. The number of imide groups is 1. The van der Waals surface area contributed by atoms with Crippen molar-refractivity contribution in [2.24, 2.45) is 0 Å². The molecule has 0 aromatic heterocycles. The van der Waals surface area contributed by atoms with Gasteiger partial charge in [-0.05, 0) is 17.0 Å². The third-order valence-corrected chi connectivity index (χ3v) is 2.81. The SMILES string of the molecule is CC(C)(C)c1ccc(C#N)c2c1C(=O)NC2=O. The van der Waals surface area contributed by atoms with Crippen LogP contribution < -0.4 is 5.32 Å². The maximum absolute atomic E-state index is 11.8. The predicted molar refractivity (Wildman–Crippen MR) is 61.7 cm³/mol. The molecule has 17 heavy (non-hydrogen) atoms. The quantitative estimate of drug-likeness (QED) is 0.687. The standard InChI is InChI=1S/C13H12N2O2/c1-13(2,3)8-5-4-7(6-14)9-10(8)12(17)15-11(9)16/h4-5H,1-3H3,(H,15,16,17). The maximum Gasteiger partial charge on any atom is 0.260 e. The van der Waals surface area contributed by atoms with Crippen molar-refractivity contribution in [3.63, 3.8) is 0 Å². The number of nitrogens with one attached hydrogen (secondary N) is 1. The Bertz CT molecular complexity index is 574. The molecule has 2 rings (SSSR count). The zero-order chi connectivity index (χ0) is 12.8. The van der Waals surface area contributed by atoms with Crippen molar-refractivity contribution in [1.82, 2.24) is 5.32 Å². The molecular weight excluding hydrogens is 216 g/mol. The van der Waals surface area contributed by atoms with E-state index in [1.165, 1.54) is 0 Å². The first-order chi connectivity index (χ1) is 7.86. The molecule has 0 radical (unpaired) electrons. The highest BCUT2D eigenvalue weighted by molar-refractivity contribution is 6.23. The average Bonchev–Trinajstić information content (AvgIpc) is 2.53. The van der Waals surface area contributed by atoms with Crippen LogP contribution >= 0.6 is 0 Å². The number of benzene rings is 1. The van der Waals surface area contributed by atoms with Crippen LogP contribution in [0.3, 0.4) is 0 Å². The molecule has 4 nitrogen and oxygen atoms in total. The first-order valence-corrected chi connectivity index (χ1v) is 5.29. The molecule has 0 unspecified atom stereocenters. The van der Waals surface area contributed by atoms with E-state index in [1.54, 1.807) is 12.1 Å². The molecule has 1 aliphatic heterocycles. The Morgan fingerprint density at radius 1 is 1.12 bits per heavy atom. The second kappa shape index (κ2) is 3.42. The average molecular weight is 228 g/mol. The number of nitrogens with zero attached hydrogens (tertiary/aromatic N) is 1. The molecule has 0 bridgehead atoms. The van der Waals surface area contributed by atoms with E-state index in [9.17, 15) is 9.59 Å². The van der Waals surface area contributed by atoms with Crippen molar-refractivity contribution in [3.8, 4) is 6.07 Å². The number of nitriles is 1. The summed E-state index contributed by atoms with van der Waals surface area (Å²) in [4.78, 5) is 23.4. The van der Waals surface area contributed by atoms with Crippen molar-refractivity contribution in [2.75, 3.05) is 0 Å². The fraction of sp³-hybridized carbons (Fsp3) is 0.308. The van der Waals surface area contributed by atoms with E-state index in [2.05, 4.69) is 5.32 Å². The number of rotatable bonds is 0. The van der Waals surface area contributed by atoms with Gasteiger partial charge in [-0.25, -0.2) is 0 Å². The van der Waals surface area contributed by atoms with Crippen LogP contribution in [0.2, 0.25) is 0 Å². The summed E-state index contributed by atoms with van der Waals surface area (Å²) in [6, 6.07) is 5.28. The van der Waals surface area contributed by atoms with Crippen molar-refractivity contribution in [2.45, 2.75) is 26.2 Å². The fourth-order valence-electron chi connectivity index (χ4n) is 2.02. The number of amides is 2. The summed E-state index contributed by atoms with van der Waals surface area (Å²) in [6.07, 6.45) is 0. The molecular formula is C13H12N2O2. The Balaban J connectivity index is 2.83. The third-order valence-electron chi connectivity index (χ3n) is 2.81. The lowest BCUT2D eigenvalue weighted by molar-refractivity contribution is 0.0879. The van der Waals surface area contributed by atoms with Gasteiger partial charge in [-0.1, -0.05) is 26.8 Å². The van der Waals surface area contributed by atoms with Gasteiger partial charge in [-0.2, -0.15) is 5.26 Å². The van der Waals surface area contributed by atoms with Gasteiger partial charge in [0.1, 0.15) is 0 Å². The minimum absolute atomic E-state index is 0.213. The van der Waals surface area contributed by atoms with Gasteiger partial charge in [-0.15, -0.1) is 0 Å². The third kappa shape index (κ3) is 1.60. The Labute approximate surface area is 99.2 Å². The molecule has 1 aromatic carbocycles.